The van der Waals surface area contributed by atoms with Crippen molar-refractivity contribution in [3.63, 3.8) is 0 Å². The van der Waals surface area contributed by atoms with Gasteiger partial charge in [0.05, 0.1) is 5.75 Å². The molecule has 1 amide bonds. The van der Waals surface area contributed by atoms with Crippen LogP contribution in [-0.4, -0.2) is 43.9 Å². The van der Waals surface area contributed by atoms with Gasteiger partial charge in [-0.25, -0.2) is 4.79 Å². The van der Waals surface area contributed by atoms with Crippen molar-refractivity contribution in [2.75, 3.05) is 18.8 Å². The van der Waals surface area contributed by atoms with Crippen LogP contribution < -0.4 is 0 Å². The van der Waals surface area contributed by atoms with Crippen LogP contribution >= 0.6 is 0 Å². The van der Waals surface area contributed by atoms with Crippen LogP contribution in [0.3, 0.4) is 0 Å². The van der Waals surface area contributed by atoms with E-state index in [0.29, 0.717) is 32.4 Å². The van der Waals surface area contributed by atoms with E-state index in [1.807, 2.05) is 20.8 Å². The number of carbonyl (C=O) groups excluding carboxylic acids is 1. The van der Waals surface area contributed by atoms with Gasteiger partial charge in [-0.3, -0.25) is 0 Å². The second-order valence-electron chi connectivity index (χ2n) is 5.94. The first-order chi connectivity index (χ1) is 8.57. The van der Waals surface area contributed by atoms with Crippen LogP contribution in [-0.2, 0) is 15.0 Å². The molecule has 0 spiro atoms. The van der Waals surface area contributed by atoms with Gasteiger partial charge in [-0.05, 0) is 46.0 Å². The SMILES string of the molecule is CC(C)(C)OC(=O)N1CCC(CCS(=O)(=O)F)CC1. The summed E-state index contributed by atoms with van der Waals surface area (Å²) in [6, 6.07) is 0. The zero-order chi connectivity index (χ0) is 14.7. The maximum Gasteiger partial charge on any atom is 0.410 e. The Balaban J connectivity index is 2.35. The van der Waals surface area contributed by atoms with Crippen molar-refractivity contribution in [1.82, 2.24) is 4.90 Å². The van der Waals surface area contributed by atoms with Gasteiger partial charge < -0.3 is 9.64 Å². The Morgan fingerprint density at radius 3 is 2.26 bits per heavy atom. The molecule has 0 N–H and O–H groups in total. The molecule has 1 heterocycles. The number of ether oxygens (including phenoxy) is 1. The Morgan fingerprint density at radius 2 is 1.84 bits per heavy atom. The molecule has 0 bridgehead atoms. The van der Waals surface area contributed by atoms with Crippen molar-refractivity contribution in [1.29, 1.82) is 0 Å². The predicted molar refractivity (Wildman–Crippen MR) is 70.0 cm³/mol. The van der Waals surface area contributed by atoms with Crippen LogP contribution in [0.5, 0.6) is 0 Å². The zero-order valence-corrected chi connectivity index (χ0v) is 12.5. The van der Waals surface area contributed by atoms with E-state index in [1.54, 1.807) is 4.90 Å². The van der Waals surface area contributed by atoms with Crippen molar-refractivity contribution < 1.29 is 21.8 Å². The van der Waals surface area contributed by atoms with Crippen LogP contribution in [0.2, 0.25) is 0 Å². The van der Waals surface area contributed by atoms with Crippen molar-refractivity contribution in [2.24, 2.45) is 5.92 Å². The fourth-order valence-electron chi connectivity index (χ4n) is 2.04. The van der Waals surface area contributed by atoms with E-state index >= 15 is 0 Å². The summed E-state index contributed by atoms with van der Waals surface area (Å²) in [5.41, 5.74) is -0.518. The number of hydrogen-bond acceptors (Lipinski definition) is 4. The van der Waals surface area contributed by atoms with Gasteiger partial charge in [0.25, 0.3) is 0 Å². The number of carbonyl (C=O) groups is 1. The maximum absolute atomic E-state index is 12.4. The molecule has 0 radical (unpaired) electrons. The molecule has 0 aromatic heterocycles. The van der Waals surface area contributed by atoms with Crippen molar-refractivity contribution in [2.45, 2.75) is 45.6 Å². The van der Waals surface area contributed by atoms with E-state index in [0.717, 1.165) is 0 Å². The molecule has 1 saturated heterocycles. The standard InChI is InChI=1S/C12H22FNO4S/c1-12(2,3)18-11(15)14-7-4-10(5-8-14)6-9-19(13,16)17/h10H,4-9H2,1-3H3. The molecular weight excluding hydrogens is 273 g/mol. The molecule has 0 aromatic rings. The lowest BCUT2D eigenvalue weighted by Crippen LogP contribution is -2.41. The topological polar surface area (TPSA) is 63.7 Å². The van der Waals surface area contributed by atoms with Crippen molar-refractivity contribution >= 4 is 16.3 Å². The number of likely N-dealkylation sites (tertiary alicyclic amines) is 1. The summed E-state index contributed by atoms with van der Waals surface area (Å²) in [7, 11) is -4.38. The summed E-state index contributed by atoms with van der Waals surface area (Å²) >= 11 is 0. The Kier molecular flexibility index (Phi) is 5.18. The third-order valence-electron chi connectivity index (χ3n) is 3.04. The average molecular weight is 295 g/mol. The molecule has 1 aliphatic heterocycles. The Bertz CT molecular complexity index is 408. The van der Waals surface area contributed by atoms with Gasteiger partial charge in [0.2, 0.25) is 0 Å². The fourth-order valence-corrected chi connectivity index (χ4v) is 2.65. The van der Waals surface area contributed by atoms with E-state index in [9.17, 15) is 17.1 Å². The fraction of sp³-hybridized carbons (Fsp3) is 0.917. The average Bonchev–Trinajstić information content (AvgIpc) is 2.23. The highest BCUT2D eigenvalue weighted by Crippen LogP contribution is 2.22. The lowest BCUT2D eigenvalue weighted by Gasteiger charge is -2.33. The summed E-state index contributed by atoms with van der Waals surface area (Å²) in [5.74, 6) is -0.270. The number of piperidine rings is 1. The van der Waals surface area contributed by atoms with Crippen LogP contribution in [0, 0.1) is 5.92 Å². The summed E-state index contributed by atoms with van der Waals surface area (Å²) in [6.07, 6.45) is 1.36. The Morgan fingerprint density at radius 1 is 1.32 bits per heavy atom. The molecule has 1 fully saturated rings. The summed E-state index contributed by atoms with van der Waals surface area (Å²) < 4.78 is 38.6. The normalized spacial score (nSPS) is 18.4. The molecule has 0 aliphatic carbocycles. The highest BCUT2D eigenvalue weighted by Gasteiger charge is 2.27. The highest BCUT2D eigenvalue weighted by atomic mass is 32.3. The second-order valence-corrected chi connectivity index (χ2v) is 7.43. The largest absolute Gasteiger partial charge is 0.444 e. The molecule has 0 aromatic carbocycles. The van der Waals surface area contributed by atoms with E-state index in [4.69, 9.17) is 4.74 Å². The van der Waals surface area contributed by atoms with E-state index in [2.05, 4.69) is 0 Å². The number of hydrogen-bond donors (Lipinski definition) is 0. The molecule has 112 valence electrons. The van der Waals surface area contributed by atoms with Crippen LogP contribution in [0.15, 0.2) is 0 Å². The molecular formula is C12H22FNO4S. The third-order valence-corrected chi connectivity index (χ3v) is 3.76. The highest BCUT2D eigenvalue weighted by molar-refractivity contribution is 7.86. The van der Waals surface area contributed by atoms with E-state index < -0.39 is 21.6 Å². The number of nitrogens with zero attached hydrogens (tertiary/aromatic N) is 1. The number of halogens is 1. The van der Waals surface area contributed by atoms with Crippen molar-refractivity contribution in [3.05, 3.63) is 0 Å². The Labute approximate surface area is 114 Å². The molecule has 0 saturated carbocycles. The summed E-state index contributed by atoms with van der Waals surface area (Å²) in [4.78, 5) is 13.4. The van der Waals surface area contributed by atoms with E-state index in [-0.39, 0.29) is 12.0 Å². The Hall–Kier alpha value is -0.850. The summed E-state index contributed by atoms with van der Waals surface area (Å²) in [6.45, 7) is 6.50. The summed E-state index contributed by atoms with van der Waals surface area (Å²) in [5, 5.41) is 0. The molecule has 7 heteroatoms. The van der Waals surface area contributed by atoms with Gasteiger partial charge in [0.15, 0.2) is 0 Å². The lowest BCUT2D eigenvalue weighted by atomic mass is 9.95. The first-order valence-electron chi connectivity index (χ1n) is 6.47. The first kappa shape index (κ1) is 16.2. The molecule has 19 heavy (non-hydrogen) atoms. The van der Waals surface area contributed by atoms with Crippen LogP contribution in [0.1, 0.15) is 40.0 Å². The zero-order valence-electron chi connectivity index (χ0n) is 11.7. The third kappa shape index (κ3) is 6.75. The van der Waals surface area contributed by atoms with Gasteiger partial charge in [-0.1, -0.05) is 0 Å². The smallest absolute Gasteiger partial charge is 0.410 e. The molecule has 0 unspecified atom stereocenters. The minimum absolute atomic E-state index is 0.157. The minimum atomic E-state index is -4.38. The quantitative estimate of drug-likeness (QED) is 0.750. The molecule has 1 aliphatic rings. The van der Waals surface area contributed by atoms with Gasteiger partial charge in [-0.15, -0.1) is 3.89 Å². The van der Waals surface area contributed by atoms with E-state index in [1.165, 1.54) is 0 Å². The van der Waals surface area contributed by atoms with Crippen LogP contribution in [0.25, 0.3) is 0 Å². The van der Waals surface area contributed by atoms with Crippen molar-refractivity contribution in [3.8, 4) is 0 Å². The predicted octanol–water partition coefficient (Wildman–Crippen LogP) is 2.32. The van der Waals surface area contributed by atoms with Gasteiger partial charge in [-0.2, -0.15) is 8.42 Å². The number of amides is 1. The second kappa shape index (κ2) is 6.07. The molecule has 5 nitrogen and oxygen atoms in total. The van der Waals surface area contributed by atoms with Crippen LogP contribution in [0.4, 0.5) is 8.68 Å². The maximum atomic E-state index is 12.4. The monoisotopic (exact) mass is 295 g/mol. The minimum Gasteiger partial charge on any atom is -0.444 e. The number of rotatable bonds is 3. The molecule has 0 atom stereocenters. The first-order valence-corrected chi connectivity index (χ1v) is 8.02. The molecule has 1 rings (SSSR count). The van der Waals surface area contributed by atoms with Gasteiger partial charge in [0.1, 0.15) is 5.60 Å². The van der Waals surface area contributed by atoms with Gasteiger partial charge >= 0.3 is 16.3 Å². The lowest BCUT2D eigenvalue weighted by molar-refractivity contribution is 0.0183. The van der Waals surface area contributed by atoms with Gasteiger partial charge in [0, 0.05) is 13.1 Å².